The van der Waals surface area contributed by atoms with Crippen LogP contribution in [0.5, 0.6) is 0 Å². The quantitative estimate of drug-likeness (QED) is 0.687. The maximum Gasteiger partial charge on any atom is 0.285 e. The number of alkyl halides is 3. The number of rotatable bonds is 2. The summed E-state index contributed by atoms with van der Waals surface area (Å²) >= 11 is 2.88. The zero-order chi connectivity index (χ0) is 9.19. The van der Waals surface area contributed by atoms with Crippen molar-refractivity contribution in [3.8, 4) is 0 Å². The molecule has 1 aromatic rings. The van der Waals surface area contributed by atoms with Gasteiger partial charge in [-0.2, -0.15) is 0 Å². The molecule has 0 amide bonds. The third kappa shape index (κ3) is 1.83. The van der Waals surface area contributed by atoms with Crippen molar-refractivity contribution in [3.63, 3.8) is 0 Å². The molecule has 0 nitrogen and oxygen atoms in total. The first kappa shape index (κ1) is 9.65. The van der Waals surface area contributed by atoms with Crippen molar-refractivity contribution < 1.29 is 8.78 Å². The molecular formula is C9H9BrF2. The van der Waals surface area contributed by atoms with E-state index in [1.54, 1.807) is 18.2 Å². The fourth-order valence-corrected chi connectivity index (χ4v) is 1.15. The van der Waals surface area contributed by atoms with Gasteiger partial charge in [0.2, 0.25) is 0 Å². The summed E-state index contributed by atoms with van der Waals surface area (Å²) in [6.07, 6.45) is 0. The molecule has 0 aliphatic rings. The van der Waals surface area contributed by atoms with Gasteiger partial charge in [0.15, 0.2) is 0 Å². The molecule has 1 unspecified atom stereocenters. The Hall–Kier alpha value is -0.440. The van der Waals surface area contributed by atoms with Crippen LogP contribution in [0.1, 0.15) is 12.5 Å². The molecule has 0 saturated heterocycles. The Bertz CT molecular complexity index is 244. The van der Waals surface area contributed by atoms with E-state index in [1.807, 2.05) is 0 Å². The number of hydrogen-bond donors (Lipinski definition) is 0. The van der Waals surface area contributed by atoms with Crippen LogP contribution in [-0.2, 0) is 5.92 Å². The predicted octanol–water partition coefficient (Wildman–Crippen LogP) is 3.56. The van der Waals surface area contributed by atoms with E-state index in [0.717, 1.165) is 0 Å². The molecule has 0 N–H and O–H groups in total. The zero-order valence-electron chi connectivity index (χ0n) is 6.60. The molecule has 0 heterocycles. The molecule has 12 heavy (non-hydrogen) atoms. The number of halogens is 3. The average molecular weight is 235 g/mol. The first-order valence-electron chi connectivity index (χ1n) is 3.62. The van der Waals surface area contributed by atoms with Crippen molar-refractivity contribution in [1.82, 2.24) is 0 Å². The monoisotopic (exact) mass is 234 g/mol. The lowest BCUT2D eigenvalue weighted by molar-refractivity contribution is -0.0000290. The lowest BCUT2D eigenvalue weighted by atomic mass is 10.1. The van der Waals surface area contributed by atoms with Gasteiger partial charge >= 0.3 is 0 Å². The summed E-state index contributed by atoms with van der Waals surface area (Å²) in [6, 6.07) is 7.80. The van der Waals surface area contributed by atoms with Crippen molar-refractivity contribution in [1.29, 1.82) is 0 Å². The van der Waals surface area contributed by atoms with Crippen LogP contribution < -0.4 is 0 Å². The van der Waals surface area contributed by atoms with Gasteiger partial charge in [-0.15, -0.1) is 0 Å². The van der Waals surface area contributed by atoms with Crippen molar-refractivity contribution in [3.05, 3.63) is 35.9 Å². The Morgan fingerprint density at radius 3 is 2.17 bits per heavy atom. The molecule has 1 aromatic carbocycles. The molecule has 0 spiro atoms. The van der Waals surface area contributed by atoms with E-state index in [-0.39, 0.29) is 5.56 Å². The fourth-order valence-electron chi connectivity index (χ4n) is 0.890. The topological polar surface area (TPSA) is 0 Å². The fraction of sp³-hybridized carbons (Fsp3) is 0.333. The molecule has 3 heteroatoms. The maximum absolute atomic E-state index is 13.2. The Morgan fingerprint density at radius 2 is 1.75 bits per heavy atom. The van der Waals surface area contributed by atoms with Crippen LogP contribution >= 0.6 is 15.9 Å². The second-order valence-corrected chi connectivity index (χ2v) is 3.98. The minimum Gasteiger partial charge on any atom is -0.200 e. The third-order valence-electron chi connectivity index (χ3n) is 1.66. The first-order chi connectivity index (χ1) is 5.55. The van der Waals surface area contributed by atoms with E-state index < -0.39 is 10.7 Å². The van der Waals surface area contributed by atoms with Gasteiger partial charge in [0, 0.05) is 5.56 Å². The zero-order valence-corrected chi connectivity index (χ0v) is 8.18. The second-order valence-electron chi connectivity index (χ2n) is 2.60. The van der Waals surface area contributed by atoms with E-state index in [0.29, 0.717) is 0 Å². The van der Waals surface area contributed by atoms with E-state index in [1.165, 1.54) is 19.1 Å². The normalized spacial score (nSPS) is 14.3. The highest BCUT2D eigenvalue weighted by Crippen LogP contribution is 2.35. The van der Waals surface area contributed by atoms with Crippen LogP contribution in [0.3, 0.4) is 0 Å². The summed E-state index contributed by atoms with van der Waals surface area (Å²) in [5.74, 6) is -2.79. The van der Waals surface area contributed by atoms with Gasteiger partial charge in [-0.1, -0.05) is 46.3 Å². The van der Waals surface area contributed by atoms with Crippen LogP contribution in [0.4, 0.5) is 8.78 Å². The van der Waals surface area contributed by atoms with E-state index >= 15 is 0 Å². The van der Waals surface area contributed by atoms with Crippen LogP contribution in [-0.4, -0.2) is 4.83 Å². The second kappa shape index (κ2) is 3.52. The molecule has 0 aliphatic carbocycles. The molecule has 0 radical (unpaired) electrons. The highest BCUT2D eigenvalue weighted by atomic mass is 79.9. The molecule has 0 aromatic heterocycles. The van der Waals surface area contributed by atoms with E-state index in [2.05, 4.69) is 15.9 Å². The summed E-state index contributed by atoms with van der Waals surface area (Å²) in [5.41, 5.74) is 0.0503. The van der Waals surface area contributed by atoms with Crippen molar-refractivity contribution in [2.75, 3.05) is 0 Å². The number of hydrogen-bond acceptors (Lipinski definition) is 0. The van der Waals surface area contributed by atoms with Gasteiger partial charge in [0.1, 0.15) is 0 Å². The van der Waals surface area contributed by atoms with Gasteiger partial charge in [-0.3, -0.25) is 0 Å². The van der Waals surface area contributed by atoms with Crippen LogP contribution in [0, 0.1) is 0 Å². The van der Waals surface area contributed by atoms with Crippen LogP contribution in [0.25, 0.3) is 0 Å². The largest absolute Gasteiger partial charge is 0.285 e. The molecular weight excluding hydrogens is 226 g/mol. The van der Waals surface area contributed by atoms with E-state index in [4.69, 9.17) is 0 Å². The smallest absolute Gasteiger partial charge is 0.200 e. The van der Waals surface area contributed by atoms with Gasteiger partial charge in [0.25, 0.3) is 5.92 Å². The molecule has 0 aliphatic heterocycles. The minimum absolute atomic E-state index is 0.0503. The lowest BCUT2D eigenvalue weighted by Crippen LogP contribution is -2.22. The Balaban J connectivity index is 2.98. The van der Waals surface area contributed by atoms with Crippen molar-refractivity contribution >= 4 is 15.9 Å². The van der Waals surface area contributed by atoms with Gasteiger partial charge in [0.05, 0.1) is 4.83 Å². The van der Waals surface area contributed by atoms with Gasteiger partial charge in [-0.25, -0.2) is 8.78 Å². The summed E-state index contributed by atoms with van der Waals surface area (Å²) < 4.78 is 26.5. The standard InChI is InChI=1S/C9H9BrF2/c1-7(10)9(11,12)8-5-3-2-4-6-8/h2-7H,1H3. The van der Waals surface area contributed by atoms with Gasteiger partial charge < -0.3 is 0 Å². The van der Waals surface area contributed by atoms with Crippen LogP contribution in [0.2, 0.25) is 0 Å². The average Bonchev–Trinajstić information content (AvgIpc) is 2.06. The highest BCUT2D eigenvalue weighted by molar-refractivity contribution is 9.09. The summed E-state index contributed by atoms with van der Waals surface area (Å²) in [4.78, 5) is -0.840. The summed E-state index contributed by atoms with van der Waals surface area (Å²) in [6.45, 7) is 1.44. The summed E-state index contributed by atoms with van der Waals surface area (Å²) in [7, 11) is 0. The Morgan fingerprint density at radius 1 is 1.25 bits per heavy atom. The first-order valence-corrected chi connectivity index (χ1v) is 4.54. The Labute approximate surface area is 78.7 Å². The molecule has 66 valence electrons. The SMILES string of the molecule is CC(Br)C(F)(F)c1ccccc1. The predicted molar refractivity (Wildman–Crippen MR) is 48.7 cm³/mol. The maximum atomic E-state index is 13.2. The molecule has 0 saturated carbocycles. The van der Waals surface area contributed by atoms with Crippen molar-refractivity contribution in [2.45, 2.75) is 17.7 Å². The van der Waals surface area contributed by atoms with Crippen molar-refractivity contribution in [2.24, 2.45) is 0 Å². The molecule has 0 bridgehead atoms. The molecule has 0 fully saturated rings. The lowest BCUT2D eigenvalue weighted by Gasteiger charge is -2.18. The minimum atomic E-state index is -2.79. The molecule has 1 rings (SSSR count). The van der Waals surface area contributed by atoms with Gasteiger partial charge in [-0.05, 0) is 6.92 Å². The Kier molecular flexibility index (Phi) is 2.83. The number of benzene rings is 1. The van der Waals surface area contributed by atoms with E-state index in [9.17, 15) is 8.78 Å². The molecule has 1 atom stereocenters. The third-order valence-corrected chi connectivity index (χ3v) is 2.23. The van der Waals surface area contributed by atoms with Crippen LogP contribution in [0.15, 0.2) is 30.3 Å². The highest BCUT2D eigenvalue weighted by Gasteiger charge is 2.36. The summed E-state index contributed by atoms with van der Waals surface area (Å²) in [5, 5.41) is 0.